The van der Waals surface area contributed by atoms with Crippen LogP contribution in [0.15, 0.2) is 65.3 Å². The fourth-order valence-corrected chi connectivity index (χ4v) is 3.38. The normalized spacial score (nSPS) is 10.8. The minimum Gasteiger partial charge on any atom is -0.459 e. The van der Waals surface area contributed by atoms with Crippen molar-refractivity contribution in [3.05, 3.63) is 83.6 Å². The Hall–Kier alpha value is -3.65. The van der Waals surface area contributed by atoms with E-state index in [-0.39, 0.29) is 23.4 Å². The van der Waals surface area contributed by atoms with Crippen molar-refractivity contribution in [2.45, 2.75) is 6.54 Å². The number of rotatable bonds is 9. The lowest BCUT2D eigenvalue weighted by atomic mass is 10.1. The summed E-state index contributed by atoms with van der Waals surface area (Å²) in [5, 5.41) is 2.84. The SMILES string of the molecule is CN(C)CCN(Cc1cc(NC(=O)c2ccco2)ccc1N(C)C)C(=O)c1ccc(F)cc1. The minimum absolute atomic E-state index is 0.188. The molecule has 0 atom stereocenters. The Bertz CT molecular complexity index is 1080. The predicted octanol–water partition coefficient (Wildman–Crippen LogP) is 3.94. The van der Waals surface area contributed by atoms with Crippen molar-refractivity contribution in [1.82, 2.24) is 9.80 Å². The zero-order valence-electron chi connectivity index (χ0n) is 19.3. The number of likely N-dealkylation sites (N-methyl/N-ethyl adjacent to an activating group) is 1. The number of amides is 2. The van der Waals surface area contributed by atoms with Crippen molar-refractivity contribution >= 4 is 23.2 Å². The van der Waals surface area contributed by atoms with E-state index in [9.17, 15) is 14.0 Å². The van der Waals surface area contributed by atoms with Crippen molar-refractivity contribution in [2.75, 3.05) is 51.5 Å². The van der Waals surface area contributed by atoms with Crippen molar-refractivity contribution in [2.24, 2.45) is 0 Å². The number of hydrogen-bond donors (Lipinski definition) is 1. The molecular weight excluding hydrogens is 423 g/mol. The van der Waals surface area contributed by atoms with E-state index in [0.29, 0.717) is 30.9 Å². The van der Waals surface area contributed by atoms with E-state index < -0.39 is 0 Å². The fourth-order valence-electron chi connectivity index (χ4n) is 3.38. The minimum atomic E-state index is -0.388. The Balaban J connectivity index is 1.89. The van der Waals surface area contributed by atoms with E-state index >= 15 is 0 Å². The zero-order valence-corrected chi connectivity index (χ0v) is 19.3. The fraction of sp³-hybridized carbons (Fsp3) is 0.280. The highest BCUT2D eigenvalue weighted by Crippen LogP contribution is 2.25. The largest absolute Gasteiger partial charge is 0.459 e. The first kappa shape index (κ1) is 24.0. The molecule has 33 heavy (non-hydrogen) atoms. The monoisotopic (exact) mass is 452 g/mol. The molecule has 0 aliphatic carbocycles. The van der Waals surface area contributed by atoms with Gasteiger partial charge in [-0.25, -0.2) is 4.39 Å². The maximum atomic E-state index is 13.4. The van der Waals surface area contributed by atoms with Gasteiger partial charge in [0.1, 0.15) is 5.82 Å². The molecule has 174 valence electrons. The first-order valence-electron chi connectivity index (χ1n) is 10.6. The van der Waals surface area contributed by atoms with Gasteiger partial charge in [-0.15, -0.1) is 0 Å². The number of nitrogens with zero attached hydrogens (tertiary/aromatic N) is 3. The van der Waals surface area contributed by atoms with Crippen molar-refractivity contribution in [1.29, 1.82) is 0 Å². The van der Waals surface area contributed by atoms with Crippen LogP contribution in [0, 0.1) is 5.82 Å². The molecule has 0 saturated carbocycles. The average Bonchev–Trinajstić information content (AvgIpc) is 3.31. The molecule has 0 fully saturated rings. The van der Waals surface area contributed by atoms with Crippen LogP contribution in [0.3, 0.4) is 0 Å². The van der Waals surface area contributed by atoms with E-state index in [2.05, 4.69) is 5.32 Å². The molecule has 7 nitrogen and oxygen atoms in total. The number of halogens is 1. The maximum Gasteiger partial charge on any atom is 0.291 e. The molecule has 0 bridgehead atoms. The van der Waals surface area contributed by atoms with Gasteiger partial charge in [0.25, 0.3) is 11.8 Å². The molecule has 0 radical (unpaired) electrons. The predicted molar refractivity (Wildman–Crippen MR) is 127 cm³/mol. The van der Waals surface area contributed by atoms with Crippen LogP contribution in [-0.2, 0) is 6.54 Å². The molecule has 1 heterocycles. The molecule has 1 aromatic heterocycles. The molecule has 3 rings (SSSR count). The molecule has 0 spiro atoms. The Morgan fingerprint density at radius 2 is 1.70 bits per heavy atom. The van der Waals surface area contributed by atoms with Gasteiger partial charge in [-0.3, -0.25) is 9.59 Å². The molecule has 0 unspecified atom stereocenters. The number of nitrogens with one attached hydrogen (secondary N) is 1. The standard InChI is InChI=1S/C25H29FN4O3/c1-28(2)13-14-30(25(32)18-7-9-20(26)10-8-18)17-19-16-21(11-12-22(19)29(3)4)27-24(31)23-6-5-15-33-23/h5-12,15-16H,13-14,17H2,1-4H3,(H,27,31). The molecular formula is C25H29FN4O3. The van der Waals surface area contributed by atoms with E-state index in [1.54, 1.807) is 17.0 Å². The highest BCUT2D eigenvalue weighted by Gasteiger charge is 2.19. The highest BCUT2D eigenvalue weighted by atomic mass is 19.1. The first-order chi connectivity index (χ1) is 15.7. The number of furan rings is 1. The summed E-state index contributed by atoms with van der Waals surface area (Å²) >= 11 is 0. The van der Waals surface area contributed by atoms with Gasteiger partial charge in [-0.2, -0.15) is 0 Å². The van der Waals surface area contributed by atoms with E-state index in [1.807, 2.05) is 56.2 Å². The van der Waals surface area contributed by atoms with Crippen LogP contribution in [0.4, 0.5) is 15.8 Å². The van der Waals surface area contributed by atoms with Gasteiger partial charge < -0.3 is 24.4 Å². The van der Waals surface area contributed by atoms with Crippen molar-refractivity contribution in [3.8, 4) is 0 Å². The van der Waals surface area contributed by atoms with Gasteiger partial charge in [0.15, 0.2) is 5.76 Å². The molecule has 2 aromatic carbocycles. The summed E-state index contributed by atoms with van der Waals surface area (Å²) in [4.78, 5) is 31.4. The van der Waals surface area contributed by atoms with Crippen LogP contribution in [-0.4, -0.2) is 62.9 Å². The number of hydrogen-bond acceptors (Lipinski definition) is 5. The van der Waals surface area contributed by atoms with Crippen LogP contribution in [0.2, 0.25) is 0 Å². The molecule has 2 amide bonds. The van der Waals surface area contributed by atoms with Gasteiger partial charge in [0.05, 0.1) is 6.26 Å². The highest BCUT2D eigenvalue weighted by molar-refractivity contribution is 6.02. The number of carbonyl (C=O) groups is 2. The Labute approximate surface area is 193 Å². The van der Waals surface area contributed by atoms with Crippen LogP contribution < -0.4 is 10.2 Å². The second-order valence-electron chi connectivity index (χ2n) is 8.21. The van der Waals surface area contributed by atoms with Crippen molar-refractivity contribution in [3.63, 3.8) is 0 Å². The molecule has 8 heteroatoms. The maximum absolute atomic E-state index is 13.4. The summed E-state index contributed by atoms with van der Waals surface area (Å²) < 4.78 is 18.5. The molecule has 0 aliphatic heterocycles. The summed E-state index contributed by atoms with van der Waals surface area (Å²) in [7, 11) is 7.73. The summed E-state index contributed by atoms with van der Waals surface area (Å²) in [6.45, 7) is 1.47. The number of benzene rings is 2. The molecule has 0 aliphatic rings. The Kier molecular flexibility index (Phi) is 7.84. The first-order valence-corrected chi connectivity index (χ1v) is 10.6. The Morgan fingerprint density at radius 3 is 2.30 bits per heavy atom. The third-order valence-electron chi connectivity index (χ3n) is 5.12. The molecule has 0 saturated heterocycles. The number of carbonyl (C=O) groups excluding carboxylic acids is 2. The van der Waals surface area contributed by atoms with Crippen LogP contribution in [0.25, 0.3) is 0 Å². The summed E-state index contributed by atoms with van der Waals surface area (Å²) in [6.07, 6.45) is 1.44. The zero-order chi connectivity index (χ0) is 24.0. The summed E-state index contributed by atoms with van der Waals surface area (Å²) in [5.41, 5.74) is 2.81. The second kappa shape index (κ2) is 10.8. The molecule has 3 aromatic rings. The summed E-state index contributed by atoms with van der Waals surface area (Å²) in [6, 6.07) is 14.4. The summed E-state index contributed by atoms with van der Waals surface area (Å²) in [5.74, 6) is -0.712. The quantitative estimate of drug-likeness (QED) is 0.533. The second-order valence-corrected chi connectivity index (χ2v) is 8.21. The Morgan fingerprint density at radius 1 is 0.970 bits per heavy atom. The number of anilines is 2. The topological polar surface area (TPSA) is 69.0 Å². The third-order valence-corrected chi connectivity index (χ3v) is 5.12. The van der Waals surface area contributed by atoms with Crippen LogP contribution in [0.1, 0.15) is 26.5 Å². The smallest absolute Gasteiger partial charge is 0.291 e. The molecule has 1 N–H and O–H groups in total. The third kappa shape index (κ3) is 6.43. The van der Waals surface area contributed by atoms with Crippen LogP contribution >= 0.6 is 0 Å². The van der Waals surface area contributed by atoms with E-state index in [1.165, 1.54) is 30.5 Å². The average molecular weight is 453 g/mol. The van der Waals surface area contributed by atoms with E-state index in [0.717, 1.165) is 11.3 Å². The lowest BCUT2D eigenvalue weighted by molar-refractivity contribution is 0.0732. The van der Waals surface area contributed by atoms with Crippen LogP contribution in [0.5, 0.6) is 0 Å². The van der Waals surface area contributed by atoms with Gasteiger partial charge in [0, 0.05) is 50.7 Å². The van der Waals surface area contributed by atoms with Gasteiger partial charge in [0.2, 0.25) is 0 Å². The van der Waals surface area contributed by atoms with E-state index in [4.69, 9.17) is 4.42 Å². The van der Waals surface area contributed by atoms with Crippen molar-refractivity contribution < 1.29 is 18.4 Å². The lowest BCUT2D eigenvalue weighted by Gasteiger charge is -2.27. The van der Waals surface area contributed by atoms with Gasteiger partial charge in [-0.05, 0) is 74.3 Å². The van der Waals surface area contributed by atoms with Gasteiger partial charge in [-0.1, -0.05) is 0 Å². The lowest BCUT2D eigenvalue weighted by Crippen LogP contribution is -2.36. The van der Waals surface area contributed by atoms with Gasteiger partial charge >= 0.3 is 0 Å².